The zero-order valence-electron chi connectivity index (χ0n) is 13.0. The van der Waals surface area contributed by atoms with Crippen LogP contribution in [0.4, 0.5) is 5.69 Å². The third-order valence-corrected chi connectivity index (χ3v) is 3.80. The van der Waals surface area contributed by atoms with Crippen LogP contribution in [0.3, 0.4) is 0 Å². The molecule has 0 radical (unpaired) electrons. The van der Waals surface area contributed by atoms with E-state index in [4.69, 9.17) is 9.47 Å². The predicted octanol–water partition coefficient (Wildman–Crippen LogP) is 2.47. The van der Waals surface area contributed by atoms with E-state index < -0.39 is 4.92 Å². The smallest absolute Gasteiger partial charge is 0.273 e. The van der Waals surface area contributed by atoms with Crippen LogP contribution in [0, 0.1) is 17.0 Å². The highest BCUT2D eigenvalue weighted by molar-refractivity contribution is 5.96. The molecule has 1 heterocycles. The lowest BCUT2D eigenvalue weighted by atomic mass is 10.1. The Bertz CT molecular complexity index is 790. The van der Waals surface area contributed by atoms with Crippen LogP contribution in [0.25, 0.3) is 0 Å². The van der Waals surface area contributed by atoms with Crippen LogP contribution in [0.2, 0.25) is 0 Å². The van der Waals surface area contributed by atoms with Gasteiger partial charge >= 0.3 is 0 Å². The van der Waals surface area contributed by atoms with Gasteiger partial charge in [0.05, 0.1) is 11.5 Å². The molecule has 0 aromatic heterocycles. The number of nitro benzene ring substituents is 1. The molecule has 0 saturated heterocycles. The largest absolute Gasteiger partial charge is 0.486 e. The van der Waals surface area contributed by atoms with Gasteiger partial charge in [0.1, 0.15) is 12.7 Å². The zero-order chi connectivity index (χ0) is 17.1. The predicted molar refractivity (Wildman–Crippen MR) is 86.5 cm³/mol. The van der Waals surface area contributed by atoms with Crippen molar-refractivity contribution in [3.63, 3.8) is 0 Å². The number of carbonyl (C=O) groups is 1. The van der Waals surface area contributed by atoms with E-state index in [1.807, 2.05) is 18.2 Å². The topological polar surface area (TPSA) is 90.7 Å². The Kier molecular flexibility index (Phi) is 4.33. The van der Waals surface area contributed by atoms with E-state index in [2.05, 4.69) is 5.32 Å². The van der Waals surface area contributed by atoms with E-state index in [0.717, 1.165) is 0 Å². The Morgan fingerprint density at radius 1 is 1.25 bits per heavy atom. The summed E-state index contributed by atoms with van der Waals surface area (Å²) in [6.07, 6.45) is -0.317. The monoisotopic (exact) mass is 328 g/mol. The number of amides is 1. The molecule has 0 saturated carbocycles. The molecule has 124 valence electrons. The fraction of sp³-hybridized carbons (Fsp3) is 0.235. The summed E-state index contributed by atoms with van der Waals surface area (Å²) in [6.45, 7) is 2.13. The Balaban J connectivity index is 1.65. The first-order valence-corrected chi connectivity index (χ1v) is 7.47. The minimum absolute atomic E-state index is 0.0752. The van der Waals surface area contributed by atoms with Gasteiger partial charge in [0, 0.05) is 17.2 Å². The molecule has 0 spiro atoms. The molecule has 0 aliphatic carbocycles. The molecule has 0 unspecified atom stereocenters. The lowest BCUT2D eigenvalue weighted by Crippen LogP contribution is -2.40. The van der Waals surface area contributed by atoms with Gasteiger partial charge in [-0.05, 0) is 25.1 Å². The van der Waals surface area contributed by atoms with Gasteiger partial charge in [0.25, 0.3) is 11.6 Å². The van der Waals surface area contributed by atoms with Crippen molar-refractivity contribution in [2.24, 2.45) is 0 Å². The minimum Gasteiger partial charge on any atom is -0.486 e. The van der Waals surface area contributed by atoms with E-state index >= 15 is 0 Å². The number of fused-ring (bicyclic) bond motifs is 1. The van der Waals surface area contributed by atoms with Crippen molar-refractivity contribution in [3.8, 4) is 11.5 Å². The molecule has 1 aliphatic heterocycles. The summed E-state index contributed by atoms with van der Waals surface area (Å²) in [5.41, 5.74) is 0.543. The summed E-state index contributed by atoms with van der Waals surface area (Å²) in [4.78, 5) is 22.8. The van der Waals surface area contributed by atoms with Crippen LogP contribution in [0.15, 0.2) is 42.5 Å². The van der Waals surface area contributed by atoms with Crippen LogP contribution < -0.4 is 14.8 Å². The number of rotatable bonds is 4. The number of hydrogen-bond acceptors (Lipinski definition) is 5. The average molecular weight is 328 g/mol. The van der Waals surface area contributed by atoms with Crippen LogP contribution in [0.5, 0.6) is 11.5 Å². The van der Waals surface area contributed by atoms with Crippen molar-refractivity contribution in [1.29, 1.82) is 0 Å². The summed E-state index contributed by atoms with van der Waals surface area (Å²) in [7, 11) is 0. The summed E-state index contributed by atoms with van der Waals surface area (Å²) in [5.74, 6) is 0.933. The second-order valence-electron chi connectivity index (χ2n) is 5.41. The second-order valence-corrected chi connectivity index (χ2v) is 5.41. The van der Waals surface area contributed by atoms with Crippen molar-refractivity contribution >= 4 is 11.6 Å². The number of hydrogen-bond donors (Lipinski definition) is 1. The fourth-order valence-corrected chi connectivity index (χ4v) is 2.53. The molecular formula is C17H16N2O5. The maximum Gasteiger partial charge on any atom is 0.273 e. The van der Waals surface area contributed by atoms with Crippen molar-refractivity contribution in [2.75, 3.05) is 13.2 Å². The molecule has 1 aliphatic rings. The molecule has 2 aromatic rings. The highest BCUT2D eigenvalue weighted by atomic mass is 16.6. The SMILES string of the molecule is Cc1c(C(=O)NC[C@@H]2COc3ccccc3O2)cccc1[N+](=O)[O-]. The first-order valence-electron chi connectivity index (χ1n) is 7.47. The van der Waals surface area contributed by atoms with Crippen molar-refractivity contribution in [1.82, 2.24) is 5.32 Å². The second kappa shape index (κ2) is 6.57. The highest BCUT2D eigenvalue weighted by Crippen LogP contribution is 2.30. The van der Waals surface area contributed by atoms with Crippen LogP contribution in [0.1, 0.15) is 15.9 Å². The fourth-order valence-electron chi connectivity index (χ4n) is 2.53. The van der Waals surface area contributed by atoms with E-state index in [-0.39, 0.29) is 29.8 Å². The first-order chi connectivity index (χ1) is 11.6. The third-order valence-electron chi connectivity index (χ3n) is 3.80. The third kappa shape index (κ3) is 3.15. The standard InChI is InChI=1S/C17H16N2O5/c1-11-13(5-4-6-14(11)19(21)22)17(20)18-9-12-10-23-15-7-2-3-8-16(15)24-12/h2-8,12H,9-10H2,1H3,(H,18,20)/t12-/m1/s1. The average Bonchev–Trinajstić information content (AvgIpc) is 2.59. The van der Waals surface area contributed by atoms with Crippen LogP contribution in [-0.4, -0.2) is 30.1 Å². The summed E-state index contributed by atoms with van der Waals surface area (Å²) in [6, 6.07) is 11.7. The highest BCUT2D eigenvalue weighted by Gasteiger charge is 2.23. The summed E-state index contributed by atoms with van der Waals surface area (Å²) in [5, 5.41) is 13.7. The normalized spacial score (nSPS) is 15.6. The number of carbonyl (C=O) groups excluding carboxylic acids is 1. The van der Waals surface area contributed by atoms with Crippen molar-refractivity contribution in [2.45, 2.75) is 13.0 Å². The molecule has 1 atom stereocenters. The summed E-state index contributed by atoms with van der Waals surface area (Å²) >= 11 is 0. The minimum atomic E-state index is -0.499. The number of ether oxygens (including phenoxy) is 2. The van der Waals surface area contributed by atoms with Gasteiger partial charge in [-0.3, -0.25) is 14.9 Å². The van der Waals surface area contributed by atoms with Gasteiger partial charge in [0.15, 0.2) is 11.5 Å². The maximum atomic E-state index is 12.3. The zero-order valence-corrected chi connectivity index (χ0v) is 13.0. The number of nitrogens with zero attached hydrogens (tertiary/aromatic N) is 1. The number of nitro groups is 1. The quantitative estimate of drug-likeness (QED) is 0.688. The first kappa shape index (κ1) is 15.8. The van der Waals surface area contributed by atoms with E-state index in [0.29, 0.717) is 23.7 Å². The molecule has 7 nitrogen and oxygen atoms in total. The Hall–Kier alpha value is -3.09. The molecule has 24 heavy (non-hydrogen) atoms. The lowest BCUT2D eigenvalue weighted by molar-refractivity contribution is -0.385. The van der Waals surface area contributed by atoms with Crippen molar-refractivity contribution < 1.29 is 19.2 Å². The molecular weight excluding hydrogens is 312 g/mol. The van der Waals surface area contributed by atoms with Gasteiger partial charge in [0.2, 0.25) is 0 Å². The van der Waals surface area contributed by atoms with Crippen LogP contribution in [-0.2, 0) is 0 Å². The summed E-state index contributed by atoms with van der Waals surface area (Å²) < 4.78 is 11.3. The molecule has 2 aromatic carbocycles. The van der Waals surface area contributed by atoms with E-state index in [1.165, 1.54) is 12.1 Å². The number of benzene rings is 2. The van der Waals surface area contributed by atoms with Gasteiger partial charge in [-0.15, -0.1) is 0 Å². The molecule has 0 bridgehead atoms. The lowest BCUT2D eigenvalue weighted by Gasteiger charge is -2.26. The molecule has 3 rings (SSSR count). The molecule has 1 N–H and O–H groups in total. The number of para-hydroxylation sites is 2. The van der Waals surface area contributed by atoms with E-state index in [9.17, 15) is 14.9 Å². The van der Waals surface area contributed by atoms with Crippen LogP contribution >= 0.6 is 0 Å². The molecule has 0 fully saturated rings. The number of nitrogens with one attached hydrogen (secondary N) is 1. The van der Waals surface area contributed by atoms with Gasteiger partial charge < -0.3 is 14.8 Å². The maximum absolute atomic E-state index is 12.3. The van der Waals surface area contributed by atoms with Gasteiger partial charge in [-0.2, -0.15) is 0 Å². The Morgan fingerprint density at radius 2 is 2.00 bits per heavy atom. The molecule has 7 heteroatoms. The molecule has 1 amide bonds. The van der Waals surface area contributed by atoms with Gasteiger partial charge in [-0.25, -0.2) is 0 Å². The van der Waals surface area contributed by atoms with E-state index in [1.54, 1.807) is 19.1 Å². The Labute approximate surface area is 138 Å². The van der Waals surface area contributed by atoms with Crippen molar-refractivity contribution in [3.05, 3.63) is 63.7 Å². The Morgan fingerprint density at radius 3 is 2.75 bits per heavy atom. The van der Waals surface area contributed by atoms with Gasteiger partial charge in [-0.1, -0.05) is 18.2 Å².